The molecular formula is C18H16FN5OS2. The number of amides is 1. The summed E-state index contributed by atoms with van der Waals surface area (Å²) in [6, 6.07) is 16.1. The molecule has 1 saturated heterocycles. The number of tetrazole rings is 1. The Bertz CT molecular complexity index is 936. The maximum absolute atomic E-state index is 14.1. The van der Waals surface area contributed by atoms with E-state index < -0.39 is 0 Å². The van der Waals surface area contributed by atoms with Crippen LogP contribution in [0.3, 0.4) is 0 Å². The first kappa shape index (κ1) is 18.0. The largest absolute Gasteiger partial charge is 0.325 e. The molecule has 1 atom stereocenters. The van der Waals surface area contributed by atoms with Gasteiger partial charge < -0.3 is 4.90 Å². The fraction of sp³-hybridized carbons (Fsp3) is 0.222. The predicted molar refractivity (Wildman–Crippen MR) is 103 cm³/mol. The molecule has 1 aromatic heterocycles. The van der Waals surface area contributed by atoms with Crippen LogP contribution in [-0.2, 0) is 4.79 Å². The lowest BCUT2D eigenvalue weighted by molar-refractivity contribution is -0.128. The van der Waals surface area contributed by atoms with Gasteiger partial charge in [-0.3, -0.25) is 4.79 Å². The standard InChI is InChI=1S/C18H16FN5OS2/c19-15-9-5-4-8-14(15)17-23(10-11-26-17)16(25)12-27-18-20-21-22-24(18)13-6-2-1-3-7-13/h1-9,17H,10-12H2/t17-/m0/s1. The van der Waals surface area contributed by atoms with E-state index >= 15 is 0 Å². The number of carbonyl (C=O) groups excluding carboxylic acids is 1. The van der Waals surface area contributed by atoms with Gasteiger partial charge in [-0.2, -0.15) is 4.68 Å². The molecule has 1 fully saturated rings. The number of rotatable bonds is 5. The van der Waals surface area contributed by atoms with E-state index in [0.29, 0.717) is 17.3 Å². The summed E-state index contributed by atoms with van der Waals surface area (Å²) in [4.78, 5) is 14.5. The van der Waals surface area contributed by atoms with E-state index in [1.165, 1.54) is 17.8 Å². The van der Waals surface area contributed by atoms with E-state index in [9.17, 15) is 9.18 Å². The van der Waals surface area contributed by atoms with Crippen LogP contribution in [0, 0.1) is 5.82 Å². The van der Waals surface area contributed by atoms with Gasteiger partial charge in [-0.1, -0.05) is 48.2 Å². The SMILES string of the molecule is O=C(CSc1nnnn1-c1ccccc1)N1CCS[C@H]1c1ccccc1F. The zero-order valence-corrected chi connectivity index (χ0v) is 15.9. The van der Waals surface area contributed by atoms with Crippen LogP contribution < -0.4 is 0 Å². The highest BCUT2D eigenvalue weighted by atomic mass is 32.2. The summed E-state index contributed by atoms with van der Waals surface area (Å²) in [6.45, 7) is 0.604. The van der Waals surface area contributed by atoms with Crippen molar-refractivity contribution in [2.24, 2.45) is 0 Å². The Morgan fingerprint density at radius 1 is 1.19 bits per heavy atom. The Hall–Kier alpha value is -2.39. The molecule has 2 heterocycles. The number of benzene rings is 2. The number of hydrogen-bond acceptors (Lipinski definition) is 6. The van der Waals surface area contributed by atoms with E-state index in [1.54, 1.807) is 39.5 Å². The third-order valence-electron chi connectivity index (χ3n) is 4.15. The Labute approximate surface area is 164 Å². The van der Waals surface area contributed by atoms with Crippen molar-refractivity contribution >= 4 is 29.4 Å². The first-order valence-electron chi connectivity index (χ1n) is 8.36. The van der Waals surface area contributed by atoms with Crippen molar-refractivity contribution in [3.63, 3.8) is 0 Å². The lowest BCUT2D eigenvalue weighted by atomic mass is 10.2. The topological polar surface area (TPSA) is 63.9 Å². The normalized spacial score (nSPS) is 16.6. The third-order valence-corrected chi connectivity index (χ3v) is 6.30. The van der Waals surface area contributed by atoms with Gasteiger partial charge in [0.15, 0.2) is 0 Å². The smallest absolute Gasteiger partial charge is 0.234 e. The number of halogens is 1. The summed E-state index contributed by atoms with van der Waals surface area (Å²) < 4.78 is 15.7. The van der Waals surface area contributed by atoms with Crippen molar-refractivity contribution in [3.8, 4) is 5.69 Å². The number of hydrogen-bond donors (Lipinski definition) is 0. The fourth-order valence-corrected chi connectivity index (χ4v) is 4.94. The highest BCUT2D eigenvalue weighted by Crippen LogP contribution is 2.39. The molecule has 0 radical (unpaired) electrons. The second kappa shape index (κ2) is 8.10. The van der Waals surface area contributed by atoms with Crippen LogP contribution in [0.25, 0.3) is 5.69 Å². The molecule has 0 spiro atoms. The van der Waals surface area contributed by atoms with Crippen LogP contribution >= 0.6 is 23.5 Å². The van der Waals surface area contributed by atoms with Crippen molar-refractivity contribution in [1.82, 2.24) is 25.1 Å². The zero-order chi connectivity index (χ0) is 18.6. The van der Waals surface area contributed by atoms with E-state index in [4.69, 9.17) is 0 Å². The summed E-state index contributed by atoms with van der Waals surface area (Å²) >= 11 is 2.86. The van der Waals surface area contributed by atoms with Gasteiger partial charge in [0.2, 0.25) is 11.1 Å². The quantitative estimate of drug-likeness (QED) is 0.612. The van der Waals surface area contributed by atoms with Crippen LogP contribution in [0.1, 0.15) is 10.9 Å². The highest BCUT2D eigenvalue weighted by Gasteiger charge is 2.32. The summed E-state index contributed by atoms with van der Waals surface area (Å²) in [5.74, 6) is 0.645. The minimum Gasteiger partial charge on any atom is -0.325 e. The Morgan fingerprint density at radius 2 is 1.96 bits per heavy atom. The molecule has 2 aromatic carbocycles. The number of thioether (sulfide) groups is 2. The molecule has 0 unspecified atom stereocenters. The van der Waals surface area contributed by atoms with Gasteiger partial charge in [-0.05, 0) is 28.6 Å². The van der Waals surface area contributed by atoms with Crippen molar-refractivity contribution in [1.29, 1.82) is 0 Å². The lowest BCUT2D eigenvalue weighted by Gasteiger charge is -2.24. The molecule has 1 amide bonds. The van der Waals surface area contributed by atoms with E-state index in [2.05, 4.69) is 15.5 Å². The van der Waals surface area contributed by atoms with Crippen molar-refractivity contribution in [2.75, 3.05) is 18.1 Å². The summed E-state index contributed by atoms with van der Waals surface area (Å²) in [5.41, 5.74) is 1.38. The molecule has 138 valence electrons. The third kappa shape index (κ3) is 3.84. The van der Waals surface area contributed by atoms with E-state index in [0.717, 1.165) is 11.4 Å². The summed E-state index contributed by atoms with van der Waals surface area (Å²) in [7, 11) is 0. The first-order chi connectivity index (χ1) is 13.2. The van der Waals surface area contributed by atoms with Crippen LogP contribution in [0.15, 0.2) is 59.8 Å². The Kier molecular flexibility index (Phi) is 5.40. The van der Waals surface area contributed by atoms with Gasteiger partial charge >= 0.3 is 0 Å². The molecule has 3 aromatic rings. The molecule has 0 bridgehead atoms. The Balaban J connectivity index is 1.46. The van der Waals surface area contributed by atoms with Gasteiger partial charge in [-0.15, -0.1) is 16.9 Å². The van der Waals surface area contributed by atoms with Crippen molar-refractivity contribution < 1.29 is 9.18 Å². The molecule has 9 heteroatoms. The van der Waals surface area contributed by atoms with Gasteiger partial charge in [0, 0.05) is 17.9 Å². The first-order valence-corrected chi connectivity index (χ1v) is 10.4. The molecule has 0 saturated carbocycles. The van der Waals surface area contributed by atoms with Crippen molar-refractivity contribution in [2.45, 2.75) is 10.5 Å². The Morgan fingerprint density at radius 3 is 2.78 bits per heavy atom. The molecule has 6 nitrogen and oxygen atoms in total. The number of nitrogens with zero attached hydrogens (tertiary/aromatic N) is 5. The maximum atomic E-state index is 14.1. The molecule has 0 aliphatic carbocycles. The van der Waals surface area contributed by atoms with Gasteiger partial charge in [-0.25, -0.2) is 4.39 Å². The highest BCUT2D eigenvalue weighted by molar-refractivity contribution is 8.00. The second-order valence-electron chi connectivity index (χ2n) is 5.83. The van der Waals surface area contributed by atoms with Crippen LogP contribution in [0.5, 0.6) is 0 Å². The van der Waals surface area contributed by atoms with Crippen LogP contribution in [0.2, 0.25) is 0 Å². The average molecular weight is 401 g/mol. The van der Waals surface area contributed by atoms with Crippen molar-refractivity contribution in [3.05, 3.63) is 66.0 Å². The zero-order valence-electron chi connectivity index (χ0n) is 14.2. The minimum absolute atomic E-state index is 0.0548. The predicted octanol–water partition coefficient (Wildman–Crippen LogP) is 3.17. The number of aromatic nitrogens is 4. The maximum Gasteiger partial charge on any atom is 0.234 e. The van der Waals surface area contributed by atoms with Crippen LogP contribution in [-0.4, -0.2) is 49.1 Å². The monoisotopic (exact) mass is 401 g/mol. The average Bonchev–Trinajstić information content (AvgIpc) is 3.37. The second-order valence-corrected chi connectivity index (χ2v) is 7.96. The van der Waals surface area contributed by atoms with Gasteiger partial charge in [0.05, 0.1) is 11.4 Å². The molecule has 1 aliphatic rings. The van der Waals surface area contributed by atoms with E-state index in [-0.39, 0.29) is 22.9 Å². The minimum atomic E-state index is -0.288. The molecular weight excluding hydrogens is 385 g/mol. The molecule has 27 heavy (non-hydrogen) atoms. The summed E-state index contributed by atoms with van der Waals surface area (Å²) in [5, 5.41) is 12.0. The van der Waals surface area contributed by atoms with Gasteiger partial charge in [0.1, 0.15) is 11.2 Å². The van der Waals surface area contributed by atoms with Gasteiger partial charge in [0.25, 0.3) is 0 Å². The van der Waals surface area contributed by atoms with E-state index in [1.807, 2.05) is 30.3 Å². The number of carbonyl (C=O) groups is 1. The number of para-hydroxylation sites is 1. The molecule has 0 N–H and O–H groups in total. The van der Waals surface area contributed by atoms with Crippen LogP contribution in [0.4, 0.5) is 4.39 Å². The fourth-order valence-electron chi connectivity index (χ4n) is 2.87. The summed E-state index contributed by atoms with van der Waals surface area (Å²) in [6.07, 6.45) is 0. The molecule has 1 aliphatic heterocycles. The molecule has 4 rings (SSSR count). The lowest BCUT2D eigenvalue weighted by Crippen LogP contribution is -2.32.